The number of nitrogens with zero attached hydrogens (tertiary/aromatic N) is 4. The van der Waals surface area contributed by atoms with E-state index in [1.54, 1.807) is 0 Å². The number of piperidine rings is 2. The Balaban J connectivity index is 1.16. The first-order chi connectivity index (χ1) is 18.1. The summed E-state index contributed by atoms with van der Waals surface area (Å²) in [7, 11) is 0. The Morgan fingerprint density at radius 3 is 2.59 bits per heavy atom. The molecule has 0 aliphatic carbocycles. The lowest BCUT2D eigenvalue weighted by Gasteiger charge is -2.40. The number of benzene rings is 1. The minimum atomic E-state index is -0.256. The van der Waals surface area contributed by atoms with E-state index in [2.05, 4.69) is 64.7 Å². The van der Waals surface area contributed by atoms with Gasteiger partial charge in [0.05, 0.1) is 23.1 Å². The maximum atomic E-state index is 13.0. The maximum Gasteiger partial charge on any atom is 0.320 e. The van der Waals surface area contributed by atoms with E-state index in [0.717, 1.165) is 70.8 Å². The molecular weight excluding hydrogens is 460 g/mol. The van der Waals surface area contributed by atoms with Gasteiger partial charge < -0.3 is 14.0 Å². The third kappa shape index (κ3) is 4.97. The molecule has 2 aliphatic heterocycles. The number of esters is 1. The van der Waals surface area contributed by atoms with Crippen molar-refractivity contribution >= 4 is 33.3 Å². The van der Waals surface area contributed by atoms with Gasteiger partial charge in [0.15, 0.2) is 0 Å². The predicted molar refractivity (Wildman–Crippen MR) is 149 cm³/mol. The van der Waals surface area contributed by atoms with Crippen LogP contribution in [0.25, 0.3) is 27.3 Å². The normalized spacial score (nSPS) is 19.1. The fraction of sp³-hybridized carbons (Fsp3) is 0.484. The SMILES string of the molecule is CCC(OC(=O)CN1CCC(N2CCCCC2)CC1)c1cc2c3nc4ccccc4cc3cn2cc1C. The summed E-state index contributed by atoms with van der Waals surface area (Å²) in [5, 5.41) is 2.26. The summed E-state index contributed by atoms with van der Waals surface area (Å²) in [5.74, 6) is -0.119. The Labute approximate surface area is 219 Å². The molecule has 0 amide bonds. The number of hydrogen-bond acceptors (Lipinski definition) is 5. The molecule has 6 rings (SSSR count). The fourth-order valence-electron chi connectivity index (χ4n) is 6.39. The molecule has 3 aromatic heterocycles. The van der Waals surface area contributed by atoms with Gasteiger partial charge >= 0.3 is 5.97 Å². The average molecular weight is 499 g/mol. The van der Waals surface area contributed by atoms with Crippen LogP contribution in [-0.4, -0.2) is 63.9 Å². The smallest absolute Gasteiger partial charge is 0.320 e. The highest BCUT2D eigenvalue weighted by Crippen LogP contribution is 2.31. The van der Waals surface area contributed by atoms with Crippen LogP contribution in [0.5, 0.6) is 0 Å². The van der Waals surface area contributed by atoms with Crippen LogP contribution in [0.4, 0.5) is 0 Å². The van der Waals surface area contributed by atoms with Crippen LogP contribution in [0, 0.1) is 6.92 Å². The van der Waals surface area contributed by atoms with Gasteiger partial charge in [-0.2, -0.15) is 0 Å². The molecule has 0 saturated carbocycles. The lowest BCUT2D eigenvalue weighted by Crippen LogP contribution is -2.47. The van der Waals surface area contributed by atoms with Crippen molar-refractivity contribution in [3.8, 4) is 0 Å². The summed E-state index contributed by atoms with van der Waals surface area (Å²) in [6, 6.07) is 13.3. The van der Waals surface area contributed by atoms with Gasteiger partial charge in [-0.1, -0.05) is 31.5 Å². The molecular formula is C31H38N4O2. The van der Waals surface area contributed by atoms with Crippen molar-refractivity contribution in [2.75, 3.05) is 32.7 Å². The van der Waals surface area contributed by atoms with Gasteiger partial charge in [0.1, 0.15) is 6.10 Å². The molecule has 2 saturated heterocycles. The summed E-state index contributed by atoms with van der Waals surface area (Å²) in [6.45, 7) is 9.03. The molecule has 5 heterocycles. The summed E-state index contributed by atoms with van der Waals surface area (Å²) in [4.78, 5) is 22.9. The minimum Gasteiger partial charge on any atom is -0.457 e. The van der Waals surface area contributed by atoms with Crippen LogP contribution < -0.4 is 0 Å². The van der Waals surface area contributed by atoms with Gasteiger partial charge in [-0.15, -0.1) is 0 Å². The number of hydrogen-bond donors (Lipinski definition) is 0. The number of aromatic nitrogens is 2. The molecule has 4 aromatic rings. The molecule has 1 aromatic carbocycles. The van der Waals surface area contributed by atoms with Crippen LogP contribution in [0.3, 0.4) is 0 Å². The summed E-state index contributed by atoms with van der Waals surface area (Å²) in [5.41, 5.74) is 5.22. The Morgan fingerprint density at radius 2 is 1.81 bits per heavy atom. The molecule has 6 nitrogen and oxygen atoms in total. The number of carbonyl (C=O) groups is 1. The van der Waals surface area contributed by atoms with E-state index >= 15 is 0 Å². The second-order valence-corrected chi connectivity index (χ2v) is 10.9. The van der Waals surface area contributed by atoms with Crippen molar-refractivity contribution in [3.05, 3.63) is 59.9 Å². The number of carbonyl (C=O) groups excluding carboxylic acids is 1. The monoisotopic (exact) mass is 498 g/mol. The van der Waals surface area contributed by atoms with E-state index in [9.17, 15) is 4.79 Å². The van der Waals surface area contributed by atoms with Crippen molar-refractivity contribution in [3.63, 3.8) is 0 Å². The van der Waals surface area contributed by atoms with E-state index in [1.165, 1.54) is 32.4 Å². The van der Waals surface area contributed by atoms with Crippen molar-refractivity contribution < 1.29 is 9.53 Å². The second kappa shape index (κ2) is 10.4. The molecule has 194 valence electrons. The fourth-order valence-corrected chi connectivity index (χ4v) is 6.39. The van der Waals surface area contributed by atoms with Gasteiger partial charge in [-0.05, 0) is 81.4 Å². The van der Waals surface area contributed by atoms with E-state index in [4.69, 9.17) is 9.72 Å². The Hall–Kier alpha value is -2.96. The van der Waals surface area contributed by atoms with Crippen LogP contribution in [-0.2, 0) is 9.53 Å². The topological polar surface area (TPSA) is 50.1 Å². The van der Waals surface area contributed by atoms with E-state index in [0.29, 0.717) is 12.6 Å². The summed E-state index contributed by atoms with van der Waals surface area (Å²) in [6.07, 6.45) is 11.1. The second-order valence-electron chi connectivity index (χ2n) is 10.9. The molecule has 0 N–H and O–H groups in total. The molecule has 0 bridgehead atoms. The van der Waals surface area contributed by atoms with Gasteiger partial charge in [-0.25, -0.2) is 4.98 Å². The van der Waals surface area contributed by atoms with Crippen LogP contribution in [0.1, 0.15) is 62.7 Å². The Morgan fingerprint density at radius 1 is 1.03 bits per heavy atom. The zero-order valence-electron chi connectivity index (χ0n) is 22.2. The van der Waals surface area contributed by atoms with Crippen LogP contribution in [0.15, 0.2) is 48.8 Å². The Bertz CT molecular complexity index is 1410. The molecule has 2 fully saturated rings. The van der Waals surface area contributed by atoms with E-state index in [1.807, 2.05) is 12.1 Å². The lowest BCUT2D eigenvalue weighted by atomic mass is 10.00. The highest BCUT2D eigenvalue weighted by molar-refractivity contribution is 6.01. The number of para-hydroxylation sites is 1. The van der Waals surface area contributed by atoms with Gasteiger partial charge in [0.25, 0.3) is 0 Å². The first-order valence-electron chi connectivity index (χ1n) is 14.1. The van der Waals surface area contributed by atoms with Crippen molar-refractivity contribution in [1.82, 2.24) is 19.2 Å². The average Bonchev–Trinajstić information content (AvgIpc) is 3.26. The lowest BCUT2D eigenvalue weighted by molar-refractivity contribution is -0.151. The zero-order valence-corrected chi connectivity index (χ0v) is 22.2. The number of fused-ring (bicyclic) bond motifs is 4. The molecule has 6 heteroatoms. The zero-order chi connectivity index (χ0) is 25.4. The molecule has 0 spiro atoms. The number of aryl methyl sites for hydroxylation is 1. The largest absolute Gasteiger partial charge is 0.457 e. The maximum absolute atomic E-state index is 13.0. The van der Waals surface area contributed by atoms with Crippen LogP contribution in [0.2, 0.25) is 0 Å². The number of rotatable bonds is 6. The highest BCUT2D eigenvalue weighted by Gasteiger charge is 2.27. The Kier molecular flexibility index (Phi) is 6.87. The third-order valence-corrected chi connectivity index (χ3v) is 8.44. The van der Waals surface area contributed by atoms with Gasteiger partial charge in [0, 0.05) is 42.3 Å². The van der Waals surface area contributed by atoms with Crippen molar-refractivity contribution in [2.45, 2.75) is 64.5 Å². The highest BCUT2D eigenvalue weighted by atomic mass is 16.5. The third-order valence-electron chi connectivity index (χ3n) is 8.44. The quantitative estimate of drug-likeness (QED) is 0.310. The summed E-state index contributed by atoms with van der Waals surface area (Å²) < 4.78 is 8.25. The van der Waals surface area contributed by atoms with Crippen molar-refractivity contribution in [1.29, 1.82) is 0 Å². The van der Waals surface area contributed by atoms with Crippen LogP contribution >= 0.6 is 0 Å². The van der Waals surface area contributed by atoms with E-state index in [-0.39, 0.29) is 12.1 Å². The van der Waals surface area contributed by atoms with Crippen molar-refractivity contribution in [2.24, 2.45) is 0 Å². The molecule has 0 radical (unpaired) electrons. The van der Waals surface area contributed by atoms with Gasteiger partial charge in [0.2, 0.25) is 0 Å². The number of ether oxygens (including phenoxy) is 1. The molecule has 1 atom stereocenters. The van der Waals surface area contributed by atoms with Gasteiger partial charge in [-0.3, -0.25) is 9.69 Å². The standard InChI is InChI=1S/C31H38N4O2/c1-3-29(37-30(36)21-33-15-11-25(12-16-33)34-13-7-4-8-14-34)26-18-28-31-24(20-35(28)19-22(26)2)17-23-9-5-6-10-27(23)32-31/h5-6,9-10,17-20,25,29H,3-4,7-8,11-16,21H2,1-2H3. The minimum absolute atomic E-state index is 0.119. The first-order valence-corrected chi connectivity index (χ1v) is 14.1. The number of pyridine rings is 2. The first kappa shape index (κ1) is 24.4. The molecule has 37 heavy (non-hydrogen) atoms. The summed E-state index contributed by atoms with van der Waals surface area (Å²) >= 11 is 0. The molecule has 1 unspecified atom stereocenters. The number of likely N-dealkylation sites (tertiary alicyclic amines) is 2. The van der Waals surface area contributed by atoms with E-state index < -0.39 is 0 Å². The predicted octanol–water partition coefficient (Wildman–Crippen LogP) is 5.89. The molecule has 2 aliphatic rings.